The van der Waals surface area contributed by atoms with E-state index >= 15 is 0 Å². The summed E-state index contributed by atoms with van der Waals surface area (Å²) in [6, 6.07) is 16.9. The van der Waals surface area contributed by atoms with Crippen LogP contribution in [0.4, 0.5) is 0 Å². The van der Waals surface area contributed by atoms with Crippen molar-refractivity contribution in [2.75, 3.05) is 6.54 Å². The number of carbonyl (C=O) groups excluding carboxylic acids is 1. The van der Waals surface area contributed by atoms with Crippen LogP contribution in [0.15, 0.2) is 60.8 Å². The average Bonchev–Trinajstić information content (AvgIpc) is 3.10. The van der Waals surface area contributed by atoms with Gasteiger partial charge in [0.15, 0.2) is 0 Å². The zero-order valence-corrected chi connectivity index (χ0v) is 14.3. The van der Waals surface area contributed by atoms with Crippen molar-refractivity contribution in [3.05, 3.63) is 76.3 Å². The Kier molecular flexibility index (Phi) is 5.25. The molecule has 1 heterocycles. The summed E-state index contributed by atoms with van der Waals surface area (Å²) in [5, 5.41) is 4.19. The molecule has 0 unspecified atom stereocenters. The Morgan fingerprint density at radius 1 is 1.17 bits per heavy atom. The molecule has 0 fully saturated rings. The lowest BCUT2D eigenvalue weighted by Crippen LogP contribution is -2.31. The largest absolute Gasteiger partial charge is 0.349 e. The van der Waals surface area contributed by atoms with E-state index in [0.717, 1.165) is 16.1 Å². The van der Waals surface area contributed by atoms with Gasteiger partial charge in [-0.05, 0) is 11.6 Å². The molecule has 1 atom stereocenters. The number of hydrogen-bond donors (Lipinski definition) is 2. The van der Waals surface area contributed by atoms with E-state index in [4.69, 9.17) is 17.3 Å². The van der Waals surface area contributed by atoms with E-state index in [2.05, 4.69) is 10.3 Å². The van der Waals surface area contributed by atoms with Gasteiger partial charge in [-0.2, -0.15) is 0 Å². The maximum Gasteiger partial charge on any atom is 0.263 e. The smallest absolute Gasteiger partial charge is 0.263 e. The van der Waals surface area contributed by atoms with Crippen molar-refractivity contribution in [3.63, 3.8) is 0 Å². The first-order valence-corrected chi connectivity index (χ1v) is 8.64. The van der Waals surface area contributed by atoms with Gasteiger partial charge >= 0.3 is 0 Å². The fourth-order valence-corrected chi connectivity index (χ4v) is 3.40. The van der Waals surface area contributed by atoms with Crippen LogP contribution in [0.1, 0.15) is 21.3 Å². The Bertz CT molecular complexity index is 835. The number of carbonyl (C=O) groups is 1. The van der Waals surface area contributed by atoms with E-state index in [-0.39, 0.29) is 11.9 Å². The van der Waals surface area contributed by atoms with E-state index in [9.17, 15) is 4.79 Å². The number of nitrogens with one attached hydrogen (secondary N) is 1. The first-order valence-electron chi connectivity index (χ1n) is 7.44. The third-order valence-corrected chi connectivity index (χ3v) is 4.90. The lowest BCUT2D eigenvalue weighted by molar-refractivity contribution is 0.0955. The third-order valence-electron chi connectivity index (χ3n) is 3.54. The number of nitrogens with two attached hydrogens (primary N) is 1. The van der Waals surface area contributed by atoms with Gasteiger partial charge in [-0.3, -0.25) is 4.79 Å². The molecule has 0 aliphatic heterocycles. The van der Waals surface area contributed by atoms with Gasteiger partial charge in [-0.25, -0.2) is 4.98 Å². The van der Waals surface area contributed by atoms with Crippen molar-refractivity contribution in [1.82, 2.24) is 10.3 Å². The Balaban J connectivity index is 1.65. The van der Waals surface area contributed by atoms with Crippen molar-refractivity contribution in [2.24, 2.45) is 5.73 Å². The molecule has 0 saturated carbocycles. The number of aromatic nitrogens is 1. The summed E-state index contributed by atoms with van der Waals surface area (Å²) < 4.78 is 0. The number of halogens is 1. The highest BCUT2D eigenvalue weighted by atomic mass is 35.5. The van der Waals surface area contributed by atoms with Gasteiger partial charge in [-0.15, -0.1) is 11.3 Å². The third kappa shape index (κ3) is 3.82. The molecule has 1 aromatic heterocycles. The Morgan fingerprint density at radius 3 is 2.62 bits per heavy atom. The maximum atomic E-state index is 12.3. The SMILES string of the molecule is N[C@H](CNC(=O)c1cnc(-c2ccccc2Cl)s1)c1ccccc1. The molecule has 6 heteroatoms. The average molecular weight is 358 g/mol. The van der Waals surface area contributed by atoms with E-state index in [1.165, 1.54) is 11.3 Å². The van der Waals surface area contributed by atoms with E-state index in [1.54, 1.807) is 12.3 Å². The molecule has 3 aromatic rings. The van der Waals surface area contributed by atoms with E-state index in [1.807, 2.05) is 48.5 Å². The molecule has 122 valence electrons. The predicted octanol–water partition coefficient (Wildman–Crippen LogP) is 3.89. The molecule has 0 spiro atoms. The van der Waals surface area contributed by atoms with Gasteiger partial charge in [-0.1, -0.05) is 60.1 Å². The molecule has 3 N–H and O–H groups in total. The minimum absolute atomic E-state index is 0.183. The van der Waals surface area contributed by atoms with Gasteiger partial charge in [0.05, 0.1) is 11.2 Å². The summed E-state index contributed by atoms with van der Waals surface area (Å²) >= 11 is 7.48. The molecule has 0 bridgehead atoms. The lowest BCUT2D eigenvalue weighted by Gasteiger charge is -2.12. The minimum Gasteiger partial charge on any atom is -0.349 e. The first kappa shape index (κ1) is 16.6. The van der Waals surface area contributed by atoms with Crippen molar-refractivity contribution in [2.45, 2.75) is 6.04 Å². The van der Waals surface area contributed by atoms with Crippen LogP contribution < -0.4 is 11.1 Å². The molecule has 1 amide bonds. The van der Waals surface area contributed by atoms with Crippen LogP contribution in [0, 0.1) is 0 Å². The van der Waals surface area contributed by atoms with Crippen molar-refractivity contribution < 1.29 is 4.79 Å². The number of nitrogens with zero attached hydrogens (tertiary/aromatic N) is 1. The fourth-order valence-electron chi connectivity index (χ4n) is 2.25. The summed E-state index contributed by atoms with van der Waals surface area (Å²) in [5.74, 6) is -0.183. The second-order valence-electron chi connectivity index (χ2n) is 5.24. The van der Waals surface area contributed by atoms with Crippen molar-refractivity contribution in [1.29, 1.82) is 0 Å². The van der Waals surface area contributed by atoms with Gasteiger partial charge in [0.2, 0.25) is 0 Å². The van der Waals surface area contributed by atoms with Crippen LogP contribution >= 0.6 is 22.9 Å². The van der Waals surface area contributed by atoms with E-state index in [0.29, 0.717) is 16.4 Å². The van der Waals surface area contributed by atoms with Crippen LogP contribution in [0.3, 0.4) is 0 Å². The zero-order chi connectivity index (χ0) is 16.9. The fraction of sp³-hybridized carbons (Fsp3) is 0.111. The molecule has 0 aliphatic rings. The summed E-state index contributed by atoms with van der Waals surface area (Å²) in [6.45, 7) is 0.363. The number of amides is 1. The highest BCUT2D eigenvalue weighted by molar-refractivity contribution is 7.17. The van der Waals surface area contributed by atoms with Crippen LogP contribution in [0.5, 0.6) is 0 Å². The number of hydrogen-bond acceptors (Lipinski definition) is 4. The molecule has 2 aromatic carbocycles. The number of rotatable bonds is 5. The highest BCUT2D eigenvalue weighted by Crippen LogP contribution is 2.30. The predicted molar refractivity (Wildman–Crippen MR) is 98.3 cm³/mol. The van der Waals surface area contributed by atoms with Crippen LogP contribution in [0.25, 0.3) is 10.6 Å². The molecule has 4 nitrogen and oxygen atoms in total. The maximum absolute atomic E-state index is 12.3. The van der Waals surface area contributed by atoms with Gasteiger partial charge in [0, 0.05) is 18.2 Å². The van der Waals surface area contributed by atoms with Crippen molar-refractivity contribution >= 4 is 28.8 Å². The summed E-state index contributed by atoms with van der Waals surface area (Å²) in [4.78, 5) is 17.1. The van der Waals surface area contributed by atoms with Crippen molar-refractivity contribution in [3.8, 4) is 10.6 Å². The quantitative estimate of drug-likeness (QED) is 0.727. The summed E-state index contributed by atoms with van der Waals surface area (Å²) in [6.07, 6.45) is 1.56. The first-order chi connectivity index (χ1) is 11.6. The molecular weight excluding hydrogens is 342 g/mol. The van der Waals surface area contributed by atoms with Crippen LogP contribution in [-0.4, -0.2) is 17.4 Å². The molecule has 0 radical (unpaired) electrons. The summed E-state index contributed by atoms with van der Waals surface area (Å²) in [7, 11) is 0. The normalized spacial score (nSPS) is 11.9. The second kappa shape index (κ2) is 7.57. The molecule has 3 rings (SSSR count). The number of benzene rings is 2. The second-order valence-corrected chi connectivity index (χ2v) is 6.67. The minimum atomic E-state index is -0.244. The molecule has 0 aliphatic carbocycles. The Labute approximate surface area is 149 Å². The van der Waals surface area contributed by atoms with Gasteiger partial charge in [0.1, 0.15) is 9.88 Å². The molecular formula is C18H16ClN3OS. The highest BCUT2D eigenvalue weighted by Gasteiger charge is 2.14. The van der Waals surface area contributed by atoms with Crippen LogP contribution in [0.2, 0.25) is 5.02 Å². The van der Waals surface area contributed by atoms with Gasteiger partial charge < -0.3 is 11.1 Å². The Morgan fingerprint density at radius 2 is 1.88 bits per heavy atom. The van der Waals surface area contributed by atoms with Gasteiger partial charge in [0.25, 0.3) is 5.91 Å². The summed E-state index contributed by atoms with van der Waals surface area (Å²) in [5.41, 5.74) is 7.90. The monoisotopic (exact) mass is 357 g/mol. The molecule has 24 heavy (non-hydrogen) atoms. The van der Waals surface area contributed by atoms with Crippen LogP contribution in [-0.2, 0) is 0 Å². The Hall–Kier alpha value is -2.21. The molecule has 0 saturated heterocycles. The number of thiazole rings is 1. The van der Waals surface area contributed by atoms with E-state index < -0.39 is 0 Å². The topological polar surface area (TPSA) is 68.0 Å². The lowest BCUT2D eigenvalue weighted by atomic mass is 10.1. The standard InChI is InChI=1S/C18H16ClN3OS/c19-14-9-5-4-8-13(14)18-22-11-16(24-18)17(23)21-10-15(20)12-6-2-1-3-7-12/h1-9,11,15H,10,20H2,(H,21,23)/t15-/m1/s1. The zero-order valence-electron chi connectivity index (χ0n) is 12.8.